The molecule has 0 spiro atoms. The monoisotopic (exact) mass is 577 g/mol. The van der Waals surface area contributed by atoms with Gasteiger partial charge in [-0.2, -0.15) is 0 Å². The number of nitro groups is 1. The highest BCUT2D eigenvalue weighted by Gasteiger charge is 2.41. The largest absolute Gasteiger partial charge is 0.573 e. The van der Waals surface area contributed by atoms with E-state index in [4.69, 9.17) is 14.2 Å². The average Bonchev–Trinajstić information content (AvgIpc) is 3.47. The van der Waals surface area contributed by atoms with Crippen molar-refractivity contribution in [2.75, 3.05) is 37.7 Å². The molecule has 1 atom stereocenters. The summed E-state index contributed by atoms with van der Waals surface area (Å²) in [6.45, 7) is 4.42. The van der Waals surface area contributed by atoms with Crippen LogP contribution in [0.3, 0.4) is 0 Å². The van der Waals surface area contributed by atoms with Crippen molar-refractivity contribution in [2.45, 2.75) is 32.0 Å². The van der Waals surface area contributed by atoms with E-state index in [0.717, 1.165) is 5.69 Å². The molecular formula is C26H26F3N5O7. The summed E-state index contributed by atoms with van der Waals surface area (Å²) in [5.41, 5.74) is 0.783. The van der Waals surface area contributed by atoms with Gasteiger partial charge in [-0.1, -0.05) is 12.1 Å². The van der Waals surface area contributed by atoms with Gasteiger partial charge in [0.1, 0.15) is 30.9 Å². The highest BCUT2D eigenvalue weighted by molar-refractivity contribution is 5.68. The van der Waals surface area contributed by atoms with Gasteiger partial charge in [-0.15, -0.1) is 13.2 Å². The van der Waals surface area contributed by atoms with Crippen LogP contribution in [0.4, 0.5) is 29.5 Å². The van der Waals surface area contributed by atoms with Crippen molar-refractivity contribution >= 4 is 17.6 Å². The third-order valence-corrected chi connectivity index (χ3v) is 6.56. The number of piperazine rings is 1. The quantitative estimate of drug-likeness (QED) is 0.284. The highest BCUT2D eigenvalue weighted by Crippen LogP contribution is 2.32. The molecule has 0 unspecified atom stereocenters. The zero-order chi connectivity index (χ0) is 29.2. The number of anilines is 1. The predicted molar refractivity (Wildman–Crippen MR) is 137 cm³/mol. The Morgan fingerprint density at radius 3 is 2.34 bits per heavy atom. The topological polar surface area (TPSA) is 121 Å². The fourth-order valence-corrected chi connectivity index (χ4v) is 4.52. The van der Waals surface area contributed by atoms with Crippen LogP contribution in [-0.4, -0.2) is 70.2 Å². The number of rotatable bonds is 8. The Kier molecular flexibility index (Phi) is 7.51. The van der Waals surface area contributed by atoms with E-state index in [9.17, 15) is 28.1 Å². The maximum absolute atomic E-state index is 12.5. The van der Waals surface area contributed by atoms with Gasteiger partial charge in [0.2, 0.25) is 0 Å². The summed E-state index contributed by atoms with van der Waals surface area (Å²) >= 11 is 0. The summed E-state index contributed by atoms with van der Waals surface area (Å²) in [6.07, 6.45) is -3.92. The van der Waals surface area contributed by atoms with Crippen molar-refractivity contribution in [1.82, 2.24) is 14.5 Å². The normalized spacial score (nSPS) is 18.4. The highest BCUT2D eigenvalue weighted by atomic mass is 19.4. The summed E-state index contributed by atoms with van der Waals surface area (Å²) in [5.74, 6) is 0.0292. The number of aromatic nitrogens is 2. The van der Waals surface area contributed by atoms with Gasteiger partial charge in [-0.3, -0.25) is 4.57 Å². The van der Waals surface area contributed by atoms with Crippen LogP contribution in [0, 0.1) is 10.1 Å². The van der Waals surface area contributed by atoms with E-state index < -0.39 is 23.0 Å². The molecule has 0 radical (unpaired) electrons. The lowest BCUT2D eigenvalue weighted by Crippen LogP contribution is -2.48. The van der Waals surface area contributed by atoms with E-state index in [1.54, 1.807) is 9.47 Å². The molecule has 3 aromatic rings. The average molecular weight is 578 g/mol. The zero-order valence-electron chi connectivity index (χ0n) is 21.9. The number of nitrogens with zero attached hydrogens (tertiary/aromatic N) is 5. The minimum Gasteiger partial charge on any atom is -0.489 e. The number of imidazole rings is 1. The predicted octanol–water partition coefficient (Wildman–Crippen LogP) is 4.38. The van der Waals surface area contributed by atoms with Crippen LogP contribution >= 0.6 is 0 Å². The van der Waals surface area contributed by atoms with Gasteiger partial charge >= 0.3 is 24.3 Å². The van der Waals surface area contributed by atoms with Gasteiger partial charge in [0.15, 0.2) is 5.60 Å². The van der Waals surface area contributed by atoms with Gasteiger partial charge in [0, 0.05) is 36.9 Å². The van der Waals surface area contributed by atoms with Gasteiger partial charge < -0.3 is 38.9 Å². The van der Waals surface area contributed by atoms with Crippen molar-refractivity contribution in [3.63, 3.8) is 0 Å². The molecule has 1 aromatic heterocycles. The molecule has 218 valence electrons. The first kappa shape index (κ1) is 27.9. The van der Waals surface area contributed by atoms with Gasteiger partial charge in [-0.25, -0.2) is 4.79 Å². The minimum atomic E-state index is -4.77. The molecule has 1 amide bonds. The van der Waals surface area contributed by atoms with Crippen LogP contribution in [0.1, 0.15) is 12.5 Å². The molecule has 2 aliphatic rings. The Bertz CT molecular complexity index is 1360. The third kappa shape index (κ3) is 6.91. The van der Waals surface area contributed by atoms with Crippen LogP contribution in [0.2, 0.25) is 0 Å². The van der Waals surface area contributed by atoms with Crippen LogP contribution < -0.4 is 19.1 Å². The van der Waals surface area contributed by atoms with E-state index in [1.807, 2.05) is 31.2 Å². The van der Waals surface area contributed by atoms with Crippen LogP contribution in [0.15, 0.2) is 54.7 Å². The number of benzene rings is 2. The van der Waals surface area contributed by atoms with Crippen molar-refractivity contribution < 1.29 is 41.8 Å². The molecular weight excluding hydrogens is 551 g/mol. The van der Waals surface area contributed by atoms with Crippen molar-refractivity contribution in [3.05, 3.63) is 70.4 Å². The van der Waals surface area contributed by atoms with Crippen molar-refractivity contribution in [3.8, 4) is 17.5 Å². The Labute approximate surface area is 231 Å². The Morgan fingerprint density at radius 2 is 1.73 bits per heavy atom. The summed E-state index contributed by atoms with van der Waals surface area (Å²) < 4.78 is 59.3. The lowest BCUT2D eigenvalue weighted by molar-refractivity contribution is -0.389. The molecule has 41 heavy (non-hydrogen) atoms. The first-order chi connectivity index (χ1) is 19.5. The molecule has 1 saturated heterocycles. The summed E-state index contributed by atoms with van der Waals surface area (Å²) in [5, 5.41) is 10.9. The molecule has 0 aliphatic carbocycles. The minimum absolute atomic E-state index is 0.0698. The number of ether oxygens (including phenoxy) is 4. The standard InChI is InChI=1S/C26H26F3N5O7/c1-25(16-33-14-22(34(36)37)30-23(33)41-25)17-39-20-8-4-19(5-9-20)31-10-12-32(13-11-31)24(35)38-15-18-2-6-21(7-3-18)40-26(27,28)29/h2-9,14H,10-13,15-17H2,1H3/t25-/m0/s1. The van der Waals surface area contributed by atoms with Crippen LogP contribution in [-0.2, 0) is 17.9 Å². The lowest BCUT2D eigenvalue weighted by Gasteiger charge is -2.35. The van der Waals surface area contributed by atoms with Crippen molar-refractivity contribution in [1.29, 1.82) is 0 Å². The SMILES string of the molecule is C[C@@]1(COc2ccc(N3CCN(C(=O)OCc4ccc(OC(F)(F)F)cc4)CC3)cc2)Cn2cc([N+](=O)[O-])nc2O1. The molecule has 2 aromatic carbocycles. The second-order valence-electron chi connectivity index (χ2n) is 9.82. The number of alkyl halides is 3. The zero-order valence-corrected chi connectivity index (χ0v) is 21.9. The lowest BCUT2D eigenvalue weighted by atomic mass is 10.1. The number of carbonyl (C=O) groups excluding carboxylic acids is 1. The van der Waals surface area contributed by atoms with Gasteiger partial charge in [0.25, 0.3) is 0 Å². The third-order valence-electron chi connectivity index (χ3n) is 6.56. The Balaban J connectivity index is 1.04. The summed E-state index contributed by atoms with van der Waals surface area (Å²) in [6, 6.07) is 12.8. The van der Waals surface area contributed by atoms with E-state index >= 15 is 0 Å². The maximum atomic E-state index is 12.5. The molecule has 5 rings (SSSR count). The number of carbonyl (C=O) groups is 1. The van der Waals surface area contributed by atoms with Gasteiger partial charge in [0.05, 0.1) is 6.54 Å². The van der Waals surface area contributed by atoms with E-state index in [-0.39, 0.29) is 30.8 Å². The molecule has 0 bridgehead atoms. The molecule has 15 heteroatoms. The van der Waals surface area contributed by atoms with Gasteiger partial charge in [-0.05, 0) is 53.8 Å². The smallest absolute Gasteiger partial charge is 0.489 e. The van der Waals surface area contributed by atoms with E-state index in [2.05, 4.69) is 14.6 Å². The van der Waals surface area contributed by atoms with E-state index in [1.165, 1.54) is 30.5 Å². The van der Waals surface area contributed by atoms with Crippen LogP contribution in [0.25, 0.3) is 0 Å². The number of fused-ring (bicyclic) bond motifs is 1. The second kappa shape index (κ2) is 11.1. The molecule has 0 saturated carbocycles. The summed E-state index contributed by atoms with van der Waals surface area (Å²) in [7, 11) is 0. The number of halogens is 3. The summed E-state index contributed by atoms with van der Waals surface area (Å²) in [4.78, 5) is 30.4. The molecule has 12 nitrogen and oxygen atoms in total. The number of amides is 1. The van der Waals surface area contributed by atoms with Crippen LogP contribution in [0.5, 0.6) is 17.5 Å². The van der Waals surface area contributed by atoms with E-state index in [0.29, 0.717) is 44.0 Å². The first-order valence-electron chi connectivity index (χ1n) is 12.6. The molecule has 2 aliphatic heterocycles. The maximum Gasteiger partial charge on any atom is 0.573 e. The molecule has 0 N–H and O–H groups in total. The Hall–Kier alpha value is -4.69. The molecule has 3 heterocycles. The molecule has 1 fully saturated rings. The number of hydrogen-bond acceptors (Lipinski definition) is 9. The van der Waals surface area contributed by atoms with Crippen molar-refractivity contribution in [2.24, 2.45) is 0 Å². The first-order valence-corrected chi connectivity index (χ1v) is 12.6. The number of hydrogen-bond donors (Lipinski definition) is 0. The Morgan fingerprint density at radius 1 is 1.07 bits per heavy atom. The fraction of sp³-hybridized carbons (Fsp3) is 0.385. The fourth-order valence-electron chi connectivity index (χ4n) is 4.52. The second-order valence-corrected chi connectivity index (χ2v) is 9.82.